The molecule has 0 saturated carbocycles. The molecule has 0 aliphatic carbocycles. The fourth-order valence-electron chi connectivity index (χ4n) is 2.31. The number of nitrogens with one attached hydrogen (secondary N) is 1. The van der Waals surface area contributed by atoms with Gasteiger partial charge >= 0.3 is 0 Å². The van der Waals surface area contributed by atoms with Crippen molar-refractivity contribution in [2.75, 3.05) is 25.0 Å². The average Bonchev–Trinajstić information content (AvgIpc) is 3.00. The van der Waals surface area contributed by atoms with Gasteiger partial charge in [0, 0.05) is 19.3 Å². The lowest BCUT2D eigenvalue weighted by molar-refractivity contribution is 0.249. The maximum absolute atomic E-state index is 12.4. The number of pyridine rings is 1. The van der Waals surface area contributed by atoms with Crippen LogP contribution < -0.4 is 5.32 Å². The van der Waals surface area contributed by atoms with Crippen LogP contribution >= 0.6 is 0 Å². The van der Waals surface area contributed by atoms with Crippen molar-refractivity contribution in [3.05, 3.63) is 18.3 Å². The Bertz CT molecular complexity index is 551. The highest BCUT2D eigenvalue weighted by Crippen LogP contribution is 2.21. The molecule has 1 aromatic rings. The van der Waals surface area contributed by atoms with E-state index >= 15 is 0 Å². The van der Waals surface area contributed by atoms with Gasteiger partial charge in [-0.25, -0.2) is 13.4 Å². The second kappa shape index (κ2) is 6.72. The standard InChI is InChI=1S/C14H23N3O3S/c1-11(2)13(10-18)16-14-6-5-12(9-15-14)21(19,20)17-7-3-4-8-17/h5-6,9,11,13,18H,3-4,7-8,10H2,1-2H3,(H,15,16)/t13-/m1/s1. The minimum atomic E-state index is -3.41. The zero-order valence-electron chi connectivity index (χ0n) is 12.5. The molecule has 6 nitrogen and oxygen atoms in total. The highest BCUT2D eigenvalue weighted by atomic mass is 32.2. The average molecular weight is 313 g/mol. The van der Waals surface area contributed by atoms with Gasteiger partial charge in [-0.1, -0.05) is 13.8 Å². The van der Waals surface area contributed by atoms with E-state index in [4.69, 9.17) is 0 Å². The van der Waals surface area contributed by atoms with Gasteiger partial charge in [0.25, 0.3) is 0 Å². The van der Waals surface area contributed by atoms with Crippen LogP contribution in [0.5, 0.6) is 0 Å². The first-order chi connectivity index (χ1) is 9.95. The third-order valence-corrected chi connectivity index (χ3v) is 5.66. The SMILES string of the molecule is CC(C)[C@@H](CO)Nc1ccc(S(=O)(=O)N2CCCC2)cn1. The zero-order valence-corrected chi connectivity index (χ0v) is 13.3. The van der Waals surface area contributed by atoms with E-state index in [-0.39, 0.29) is 23.5 Å². The van der Waals surface area contributed by atoms with Gasteiger partial charge in [0.1, 0.15) is 10.7 Å². The Labute approximate surface area is 126 Å². The van der Waals surface area contributed by atoms with Crippen molar-refractivity contribution in [3.8, 4) is 0 Å². The smallest absolute Gasteiger partial charge is 0.244 e. The highest BCUT2D eigenvalue weighted by Gasteiger charge is 2.27. The summed E-state index contributed by atoms with van der Waals surface area (Å²) in [6.45, 7) is 5.18. The number of hydrogen-bond acceptors (Lipinski definition) is 5. The fourth-order valence-corrected chi connectivity index (χ4v) is 3.77. The summed E-state index contributed by atoms with van der Waals surface area (Å²) in [5.74, 6) is 0.827. The van der Waals surface area contributed by atoms with Crippen LogP contribution in [0.25, 0.3) is 0 Å². The van der Waals surface area contributed by atoms with Gasteiger partial charge in [-0.2, -0.15) is 4.31 Å². The van der Waals surface area contributed by atoms with E-state index in [0.717, 1.165) is 12.8 Å². The quantitative estimate of drug-likeness (QED) is 0.827. The summed E-state index contributed by atoms with van der Waals surface area (Å²) in [5.41, 5.74) is 0. The monoisotopic (exact) mass is 313 g/mol. The Morgan fingerprint density at radius 1 is 1.33 bits per heavy atom. The highest BCUT2D eigenvalue weighted by molar-refractivity contribution is 7.89. The number of nitrogens with zero attached hydrogens (tertiary/aromatic N) is 2. The Morgan fingerprint density at radius 2 is 2.00 bits per heavy atom. The topological polar surface area (TPSA) is 82.5 Å². The molecule has 0 spiro atoms. The number of aliphatic hydroxyl groups is 1. The molecule has 0 aromatic carbocycles. The first kappa shape index (κ1) is 16.2. The summed E-state index contributed by atoms with van der Waals surface area (Å²) in [6, 6.07) is 3.12. The molecule has 1 aromatic heterocycles. The van der Waals surface area contributed by atoms with E-state index in [1.807, 2.05) is 13.8 Å². The largest absolute Gasteiger partial charge is 0.394 e. The lowest BCUT2D eigenvalue weighted by Crippen LogP contribution is -2.30. The molecule has 0 amide bonds. The van der Waals surface area contributed by atoms with E-state index in [1.165, 1.54) is 10.5 Å². The maximum Gasteiger partial charge on any atom is 0.244 e. The summed E-state index contributed by atoms with van der Waals surface area (Å²) >= 11 is 0. The molecule has 1 fully saturated rings. The molecule has 1 aliphatic rings. The number of aliphatic hydroxyl groups excluding tert-OH is 1. The van der Waals surface area contributed by atoms with Gasteiger partial charge in [0.2, 0.25) is 10.0 Å². The first-order valence-electron chi connectivity index (χ1n) is 7.28. The van der Waals surface area contributed by atoms with Crippen LogP contribution in [0.15, 0.2) is 23.2 Å². The molecule has 1 aliphatic heterocycles. The Balaban J connectivity index is 2.11. The Kier molecular flexibility index (Phi) is 5.18. The van der Waals surface area contributed by atoms with Crippen molar-refractivity contribution in [2.45, 2.75) is 37.6 Å². The molecule has 2 heterocycles. The molecule has 2 rings (SSSR count). The van der Waals surface area contributed by atoms with Gasteiger partial charge in [-0.15, -0.1) is 0 Å². The van der Waals surface area contributed by atoms with Crippen molar-refractivity contribution in [3.63, 3.8) is 0 Å². The zero-order chi connectivity index (χ0) is 15.5. The van der Waals surface area contributed by atoms with E-state index in [0.29, 0.717) is 18.9 Å². The fraction of sp³-hybridized carbons (Fsp3) is 0.643. The van der Waals surface area contributed by atoms with Gasteiger partial charge in [-0.05, 0) is 30.9 Å². The van der Waals surface area contributed by atoms with Crippen molar-refractivity contribution < 1.29 is 13.5 Å². The molecular weight excluding hydrogens is 290 g/mol. The van der Waals surface area contributed by atoms with E-state index < -0.39 is 10.0 Å². The van der Waals surface area contributed by atoms with Crippen molar-refractivity contribution in [1.29, 1.82) is 0 Å². The number of sulfonamides is 1. The number of anilines is 1. The van der Waals surface area contributed by atoms with E-state index in [9.17, 15) is 13.5 Å². The number of rotatable bonds is 6. The third kappa shape index (κ3) is 3.72. The summed E-state index contributed by atoms with van der Waals surface area (Å²) in [6.07, 6.45) is 3.21. The molecule has 0 bridgehead atoms. The molecule has 118 valence electrons. The van der Waals surface area contributed by atoms with Gasteiger partial charge in [-0.3, -0.25) is 0 Å². The van der Waals surface area contributed by atoms with Crippen molar-refractivity contribution in [2.24, 2.45) is 5.92 Å². The van der Waals surface area contributed by atoms with Gasteiger partial charge in [0.05, 0.1) is 12.6 Å². The second-order valence-corrected chi connectivity index (χ2v) is 7.61. The van der Waals surface area contributed by atoms with E-state index in [2.05, 4.69) is 10.3 Å². The van der Waals surface area contributed by atoms with Crippen molar-refractivity contribution in [1.82, 2.24) is 9.29 Å². The third-order valence-electron chi connectivity index (χ3n) is 3.77. The van der Waals surface area contributed by atoms with Gasteiger partial charge < -0.3 is 10.4 Å². The van der Waals surface area contributed by atoms with Crippen LogP contribution in [0.4, 0.5) is 5.82 Å². The molecule has 2 N–H and O–H groups in total. The summed E-state index contributed by atoms with van der Waals surface area (Å²) in [4.78, 5) is 4.38. The van der Waals surface area contributed by atoms with Gasteiger partial charge in [0.15, 0.2) is 0 Å². The second-order valence-electron chi connectivity index (χ2n) is 5.67. The summed E-state index contributed by atoms with van der Waals surface area (Å²) in [5, 5.41) is 12.4. The Morgan fingerprint density at radius 3 is 2.48 bits per heavy atom. The van der Waals surface area contributed by atoms with Crippen LogP contribution in [-0.2, 0) is 10.0 Å². The first-order valence-corrected chi connectivity index (χ1v) is 8.72. The number of hydrogen-bond donors (Lipinski definition) is 2. The minimum Gasteiger partial charge on any atom is -0.394 e. The molecule has 1 atom stereocenters. The van der Waals surface area contributed by atoms with Crippen LogP contribution in [0.1, 0.15) is 26.7 Å². The molecule has 21 heavy (non-hydrogen) atoms. The molecular formula is C14H23N3O3S. The van der Waals surface area contributed by atoms with Crippen LogP contribution in [-0.4, -0.2) is 48.6 Å². The normalized spacial score (nSPS) is 18.1. The van der Waals surface area contributed by atoms with Crippen LogP contribution in [0.2, 0.25) is 0 Å². The predicted molar refractivity (Wildman–Crippen MR) is 81.6 cm³/mol. The molecule has 1 saturated heterocycles. The number of aromatic nitrogens is 1. The molecule has 7 heteroatoms. The van der Waals surface area contributed by atoms with E-state index in [1.54, 1.807) is 12.1 Å². The molecule has 0 unspecified atom stereocenters. The predicted octanol–water partition coefficient (Wildman–Crippen LogP) is 1.29. The maximum atomic E-state index is 12.4. The Hall–Kier alpha value is -1.18. The van der Waals surface area contributed by atoms with Crippen LogP contribution in [0.3, 0.4) is 0 Å². The van der Waals surface area contributed by atoms with Crippen molar-refractivity contribution >= 4 is 15.8 Å². The minimum absolute atomic E-state index is 0.00712. The van der Waals surface area contributed by atoms with Crippen LogP contribution in [0, 0.1) is 5.92 Å². The molecule has 0 radical (unpaired) electrons. The lowest BCUT2D eigenvalue weighted by Gasteiger charge is -2.21. The summed E-state index contributed by atoms with van der Waals surface area (Å²) < 4.78 is 26.2. The summed E-state index contributed by atoms with van der Waals surface area (Å²) in [7, 11) is -3.41. The lowest BCUT2D eigenvalue weighted by atomic mass is 10.1.